The number of piperazine rings is 1. The zero-order valence-corrected chi connectivity index (χ0v) is 19.3. The van der Waals surface area contributed by atoms with E-state index in [1.54, 1.807) is 0 Å². The molecule has 1 amide bonds. The third-order valence-electron chi connectivity index (χ3n) is 6.32. The molecule has 2 aliphatic rings. The van der Waals surface area contributed by atoms with E-state index in [1.807, 2.05) is 36.2 Å². The molecule has 2 aliphatic heterocycles. The minimum atomic E-state index is -5.08. The molecule has 184 valence electrons. The van der Waals surface area contributed by atoms with Crippen molar-refractivity contribution in [1.82, 2.24) is 14.8 Å². The smallest absolute Gasteiger partial charge is 0.475 e. The third-order valence-corrected chi connectivity index (χ3v) is 6.32. The predicted octanol–water partition coefficient (Wildman–Crippen LogP) is 3.34. The number of amides is 1. The van der Waals surface area contributed by atoms with Crippen molar-refractivity contribution >= 4 is 17.6 Å². The lowest BCUT2D eigenvalue weighted by Crippen LogP contribution is -2.68. The minimum Gasteiger partial charge on any atom is -0.475 e. The van der Waals surface area contributed by atoms with Gasteiger partial charge in [-0.1, -0.05) is 30.3 Å². The topological polar surface area (TPSA) is 77.0 Å². The molecule has 2 aromatic rings. The zero-order valence-electron chi connectivity index (χ0n) is 19.3. The molecule has 2 fully saturated rings. The van der Waals surface area contributed by atoms with Gasteiger partial charge in [0.1, 0.15) is 5.54 Å². The summed E-state index contributed by atoms with van der Waals surface area (Å²) >= 11 is 0. The number of aromatic nitrogens is 1. The number of aliphatic carboxylic acids is 1. The van der Waals surface area contributed by atoms with Gasteiger partial charge >= 0.3 is 12.1 Å². The Labute approximate surface area is 196 Å². The Morgan fingerprint density at radius 1 is 1.06 bits per heavy atom. The van der Waals surface area contributed by atoms with Gasteiger partial charge in [0, 0.05) is 38.4 Å². The van der Waals surface area contributed by atoms with Crippen LogP contribution in [0.15, 0.2) is 48.7 Å². The maximum atomic E-state index is 13.7. The first-order chi connectivity index (χ1) is 16.0. The van der Waals surface area contributed by atoms with E-state index >= 15 is 0 Å². The van der Waals surface area contributed by atoms with E-state index in [4.69, 9.17) is 9.90 Å². The van der Waals surface area contributed by atoms with Gasteiger partial charge in [0.2, 0.25) is 5.91 Å². The minimum absolute atomic E-state index is 0.239. The Morgan fingerprint density at radius 2 is 1.68 bits per heavy atom. The van der Waals surface area contributed by atoms with Crippen molar-refractivity contribution < 1.29 is 27.9 Å². The van der Waals surface area contributed by atoms with Crippen molar-refractivity contribution in [3.8, 4) is 0 Å². The Balaban J connectivity index is 0.000000406. The molecule has 10 heteroatoms. The summed E-state index contributed by atoms with van der Waals surface area (Å²) in [7, 11) is 2.14. The molecular weight excluding hydrogens is 449 g/mol. The number of halogens is 3. The average Bonchev–Trinajstić information content (AvgIpc) is 2.80. The first-order valence-corrected chi connectivity index (χ1v) is 11.1. The average molecular weight is 479 g/mol. The van der Waals surface area contributed by atoms with Crippen LogP contribution in [0.1, 0.15) is 24.1 Å². The summed E-state index contributed by atoms with van der Waals surface area (Å²) in [6, 6.07) is 14.5. The van der Waals surface area contributed by atoms with Crippen LogP contribution in [0.4, 0.5) is 18.9 Å². The van der Waals surface area contributed by atoms with E-state index in [0.29, 0.717) is 6.54 Å². The molecule has 1 aromatic heterocycles. The summed E-state index contributed by atoms with van der Waals surface area (Å²) in [4.78, 5) is 33.7. The van der Waals surface area contributed by atoms with E-state index in [0.717, 1.165) is 50.4 Å². The van der Waals surface area contributed by atoms with Crippen molar-refractivity contribution in [2.75, 3.05) is 38.1 Å². The van der Waals surface area contributed by atoms with E-state index in [2.05, 4.69) is 46.1 Å². The van der Waals surface area contributed by atoms with Crippen LogP contribution >= 0.6 is 0 Å². The summed E-state index contributed by atoms with van der Waals surface area (Å²) in [5, 5.41) is 7.12. The molecule has 1 aromatic carbocycles. The van der Waals surface area contributed by atoms with Crippen LogP contribution < -0.4 is 4.90 Å². The lowest BCUT2D eigenvalue weighted by atomic mass is 9.82. The molecular formula is C24H29F3N4O3. The highest BCUT2D eigenvalue weighted by molar-refractivity contribution is 6.01. The Bertz CT molecular complexity index is 975. The number of nitrogens with zero attached hydrogens (tertiary/aromatic N) is 4. The van der Waals surface area contributed by atoms with E-state index in [1.165, 1.54) is 5.56 Å². The number of benzene rings is 1. The second-order valence-corrected chi connectivity index (χ2v) is 8.66. The number of likely N-dealkylation sites (tertiary alicyclic amines) is 1. The molecule has 34 heavy (non-hydrogen) atoms. The number of carboxylic acid groups (broad SMARTS) is 1. The van der Waals surface area contributed by atoms with E-state index < -0.39 is 17.7 Å². The third kappa shape index (κ3) is 5.92. The van der Waals surface area contributed by atoms with Crippen LogP contribution in [0, 0.1) is 6.92 Å². The monoisotopic (exact) mass is 478 g/mol. The van der Waals surface area contributed by atoms with Gasteiger partial charge in [0.25, 0.3) is 0 Å². The maximum absolute atomic E-state index is 13.7. The molecule has 1 N–H and O–H groups in total. The van der Waals surface area contributed by atoms with E-state index in [-0.39, 0.29) is 5.91 Å². The van der Waals surface area contributed by atoms with Gasteiger partial charge in [-0.2, -0.15) is 13.2 Å². The zero-order chi connectivity index (χ0) is 24.9. The summed E-state index contributed by atoms with van der Waals surface area (Å²) in [6.07, 6.45) is -1.49. The maximum Gasteiger partial charge on any atom is 0.490 e. The number of hydrogen-bond acceptors (Lipinski definition) is 5. The van der Waals surface area contributed by atoms with Crippen LogP contribution in [0.2, 0.25) is 0 Å². The van der Waals surface area contributed by atoms with Crippen molar-refractivity contribution in [2.24, 2.45) is 0 Å². The molecule has 0 atom stereocenters. The molecule has 0 unspecified atom stereocenters. The lowest BCUT2D eigenvalue weighted by Gasteiger charge is -2.52. The molecule has 4 rings (SSSR count). The summed E-state index contributed by atoms with van der Waals surface area (Å²) in [5.74, 6) is -2.52. The van der Waals surface area contributed by atoms with Gasteiger partial charge in [-0.3, -0.25) is 14.7 Å². The fourth-order valence-corrected chi connectivity index (χ4v) is 4.34. The van der Waals surface area contributed by atoms with Crippen molar-refractivity contribution in [3.63, 3.8) is 0 Å². The normalized spacial score (nSPS) is 19.0. The Kier molecular flexibility index (Phi) is 7.93. The van der Waals surface area contributed by atoms with Gasteiger partial charge in [-0.05, 0) is 44.5 Å². The SMILES string of the molecule is Cc1ccc(N2CCN(Cc3ccccc3)C3(CCN(C)CC3)C2=O)cn1.O=C(O)C(F)(F)F. The highest BCUT2D eigenvalue weighted by Gasteiger charge is 2.50. The molecule has 1 spiro atoms. The second kappa shape index (κ2) is 10.5. The number of carbonyl (C=O) groups is 2. The van der Waals surface area contributed by atoms with E-state index in [9.17, 15) is 18.0 Å². The first kappa shape index (κ1) is 25.6. The highest BCUT2D eigenvalue weighted by atomic mass is 19.4. The number of carbonyl (C=O) groups excluding carboxylic acids is 1. The van der Waals surface area contributed by atoms with Crippen LogP contribution in [-0.2, 0) is 16.1 Å². The molecule has 0 saturated carbocycles. The van der Waals surface area contributed by atoms with Gasteiger partial charge in [-0.25, -0.2) is 4.79 Å². The number of alkyl halides is 3. The van der Waals surface area contributed by atoms with Crippen molar-refractivity contribution in [3.05, 3.63) is 59.9 Å². The first-order valence-electron chi connectivity index (χ1n) is 11.1. The van der Waals surface area contributed by atoms with Crippen LogP contribution in [-0.4, -0.2) is 76.7 Å². The molecule has 0 radical (unpaired) electrons. The summed E-state index contributed by atoms with van der Waals surface area (Å²) in [6.45, 7) is 6.32. The number of pyridine rings is 1. The largest absolute Gasteiger partial charge is 0.490 e. The lowest BCUT2D eigenvalue weighted by molar-refractivity contribution is -0.192. The molecule has 2 saturated heterocycles. The number of aryl methyl sites for hydroxylation is 1. The fourth-order valence-electron chi connectivity index (χ4n) is 4.34. The number of hydrogen-bond donors (Lipinski definition) is 1. The van der Waals surface area contributed by atoms with Gasteiger partial charge < -0.3 is 14.9 Å². The fraction of sp³-hybridized carbons (Fsp3) is 0.458. The Morgan fingerprint density at radius 3 is 2.21 bits per heavy atom. The highest BCUT2D eigenvalue weighted by Crippen LogP contribution is 2.36. The molecule has 0 bridgehead atoms. The van der Waals surface area contributed by atoms with Crippen molar-refractivity contribution in [2.45, 2.75) is 38.0 Å². The van der Waals surface area contributed by atoms with Crippen LogP contribution in [0.5, 0.6) is 0 Å². The number of piperidine rings is 1. The predicted molar refractivity (Wildman–Crippen MR) is 121 cm³/mol. The summed E-state index contributed by atoms with van der Waals surface area (Å²) < 4.78 is 31.7. The number of anilines is 1. The molecule has 3 heterocycles. The number of carboxylic acids is 1. The van der Waals surface area contributed by atoms with Crippen LogP contribution in [0.3, 0.4) is 0 Å². The van der Waals surface area contributed by atoms with Crippen molar-refractivity contribution in [1.29, 1.82) is 0 Å². The van der Waals surface area contributed by atoms with Gasteiger partial charge in [-0.15, -0.1) is 0 Å². The van der Waals surface area contributed by atoms with Gasteiger partial charge in [0.15, 0.2) is 0 Å². The molecule has 0 aliphatic carbocycles. The summed E-state index contributed by atoms with van der Waals surface area (Å²) in [5.41, 5.74) is 2.76. The van der Waals surface area contributed by atoms with Crippen LogP contribution in [0.25, 0.3) is 0 Å². The standard InChI is InChI=1S/C22H28N4O.C2HF3O2/c1-18-8-9-20(16-23-18)26-15-14-25(17-19-6-4-3-5-7-19)22(21(26)27)10-12-24(2)13-11-22;3-2(4,5)1(6)7/h3-9,16H,10-15,17H2,1-2H3;(H,6,7). The van der Waals surface area contributed by atoms with Gasteiger partial charge in [0.05, 0.1) is 11.9 Å². The molecule has 7 nitrogen and oxygen atoms in total. The second-order valence-electron chi connectivity index (χ2n) is 8.66. The quantitative estimate of drug-likeness (QED) is 0.729. The number of rotatable bonds is 3. The Hall–Kier alpha value is -2.98.